The molecule has 1 aliphatic rings. The zero-order chi connectivity index (χ0) is 15.0. The van der Waals surface area contributed by atoms with E-state index in [0.29, 0.717) is 12.0 Å². The van der Waals surface area contributed by atoms with Crippen LogP contribution in [0.2, 0.25) is 5.15 Å². The van der Waals surface area contributed by atoms with E-state index in [2.05, 4.69) is 25.5 Å². The molecule has 0 aliphatic heterocycles. The fourth-order valence-electron chi connectivity index (χ4n) is 2.43. The van der Waals surface area contributed by atoms with Gasteiger partial charge in [0.15, 0.2) is 0 Å². The van der Waals surface area contributed by atoms with Crippen LogP contribution in [0, 0.1) is 0 Å². The molecule has 21 heavy (non-hydrogen) atoms. The summed E-state index contributed by atoms with van der Waals surface area (Å²) in [6.45, 7) is -0.642. The van der Waals surface area contributed by atoms with E-state index >= 15 is 0 Å². The summed E-state index contributed by atoms with van der Waals surface area (Å²) >= 11 is 5.70. The Morgan fingerprint density at radius 1 is 1.38 bits per heavy atom. The van der Waals surface area contributed by atoms with Crippen LogP contribution in [0.5, 0.6) is 0 Å². The van der Waals surface area contributed by atoms with Gasteiger partial charge in [-0.05, 0) is 19.3 Å². The molecule has 2 heterocycles. The fraction of sp³-hybridized carbons (Fsp3) is 0.417. The highest BCUT2D eigenvalue weighted by Crippen LogP contribution is 2.34. The predicted octanol–water partition coefficient (Wildman–Crippen LogP) is 2.13. The summed E-state index contributed by atoms with van der Waals surface area (Å²) in [5, 5.41) is 9.06. The van der Waals surface area contributed by atoms with Crippen LogP contribution < -0.4 is 11.1 Å². The Balaban J connectivity index is 1.76. The number of hydrogen-bond acceptors (Lipinski definition) is 5. The van der Waals surface area contributed by atoms with E-state index in [1.165, 1.54) is 6.07 Å². The minimum Gasteiger partial charge on any atom is -0.368 e. The lowest BCUT2D eigenvalue weighted by Gasteiger charge is -2.16. The largest absolute Gasteiger partial charge is 0.368 e. The maximum atomic E-state index is 14.3. The molecule has 2 aromatic heterocycles. The van der Waals surface area contributed by atoms with Crippen molar-refractivity contribution < 1.29 is 8.78 Å². The second-order valence-corrected chi connectivity index (χ2v) is 5.26. The number of nitrogen functional groups attached to an aromatic ring is 1. The lowest BCUT2D eigenvalue weighted by atomic mass is 10.1. The molecule has 3 rings (SSSR count). The Bertz CT molecular complexity index is 652. The van der Waals surface area contributed by atoms with E-state index in [-0.39, 0.29) is 22.6 Å². The fourth-order valence-corrected chi connectivity index (χ4v) is 2.62. The van der Waals surface area contributed by atoms with Crippen LogP contribution in [0.15, 0.2) is 6.07 Å². The molecule has 0 saturated heterocycles. The zero-order valence-corrected chi connectivity index (χ0v) is 11.7. The monoisotopic (exact) mass is 314 g/mol. The van der Waals surface area contributed by atoms with Crippen molar-refractivity contribution in [3.8, 4) is 0 Å². The van der Waals surface area contributed by atoms with Crippen molar-refractivity contribution in [1.29, 1.82) is 0 Å². The maximum absolute atomic E-state index is 14.3. The Hall–Kier alpha value is -1.96. The third-order valence-electron chi connectivity index (χ3n) is 3.36. The number of rotatable bonds is 4. The molecule has 0 unspecified atom stereocenters. The molecule has 112 valence electrons. The van der Waals surface area contributed by atoms with Crippen molar-refractivity contribution in [3.63, 3.8) is 0 Å². The first-order valence-electron chi connectivity index (χ1n) is 6.44. The van der Waals surface area contributed by atoms with Gasteiger partial charge in [0.2, 0.25) is 5.95 Å². The molecule has 6 nitrogen and oxygen atoms in total. The number of nitrogens with one attached hydrogen (secondary N) is 2. The zero-order valence-electron chi connectivity index (χ0n) is 11.0. The summed E-state index contributed by atoms with van der Waals surface area (Å²) in [4.78, 5) is 7.46. The SMILES string of the molecule is Nc1nc(Cl)cc(NCC(F)(F)c2n[nH]c3c2CCC3)n1. The van der Waals surface area contributed by atoms with Gasteiger partial charge in [-0.25, -0.2) is 4.98 Å². The predicted molar refractivity (Wildman–Crippen MR) is 74.5 cm³/mol. The number of nitrogens with zero attached hydrogens (tertiary/aromatic N) is 3. The maximum Gasteiger partial charge on any atom is 0.308 e. The van der Waals surface area contributed by atoms with Crippen LogP contribution >= 0.6 is 11.6 Å². The Morgan fingerprint density at radius 3 is 2.95 bits per heavy atom. The topological polar surface area (TPSA) is 92.5 Å². The number of aromatic nitrogens is 4. The Morgan fingerprint density at radius 2 is 2.19 bits per heavy atom. The van der Waals surface area contributed by atoms with Gasteiger partial charge in [0.1, 0.15) is 16.7 Å². The van der Waals surface area contributed by atoms with Crippen LogP contribution in [0.25, 0.3) is 0 Å². The molecular weight excluding hydrogens is 302 g/mol. The van der Waals surface area contributed by atoms with Crippen LogP contribution in [0.3, 0.4) is 0 Å². The van der Waals surface area contributed by atoms with Crippen LogP contribution in [0.1, 0.15) is 23.4 Å². The molecule has 0 saturated carbocycles. The first kappa shape index (κ1) is 14.0. The first-order chi connectivity index (χ1) is 9.95. The normalized spacial score (nSPS) is 14.2. The number of aryl methyl sites for hydroxylation is 1. The lowest BCUT2D eigenvalue weighted by molar-refractivity contribution is 0.00502. The van der Waals surface area contributed by atoms with Crippen molar-refractivity contribution in [1.82, 2.24) is 20.2 Å². The molecule has 0 spiro atoms. The Kier molecular flexibility index (Phi) is 3.40. The lowest BCUT2D eigenvalue weighted by Crippen LogP contribution is -2.27. The summed E-state index contributed by atoms with van der Waals surface area (Å²) in [6.07, 6.45) is 2.27. The van der Waals surface area contributed by atoms with Gasteiger partial charge in [-0.15, -0.1) is 0 Å². The van der Waals surface area contributed by atoms with Gasteiger partial charge in [0, 0.05) is 17.3 Å². The first-order valence-corrected chi connectivity index (χ1v) is 6.82. The third-order valence-corrected chi connectivity index (χ3v) is 3.55. The van der Waals surface area contributed by atoms with Gasteiger partial charge in [0.25, 0.3) is 0 Å². The summed E-state index contributed by atoms with van der Waals surface area (Å²) < 4.78 is 28.6. The van der Waals surface area contributed by atoms with Crippen molar-refractivity contribution in [2.45, 2.75) is 25.2 Å². The second kappa shape index (κ2) is 5.10. The number of fused-ring (bicyclic) bond motifs is 1. The molecule has 0 radical (unpaired) electrons. The second-order valence-electron chi connectivity index (χ2n) is 4.87. The number of halogens is 3. The van der Waals surface area contributed by atoms with E-state index in [0.717, 1.165) is 18.5 Å². The van der Waals surface area contributed by atoms with Gasteiger partial charge in [-0.3, -0.25) is 5.10 Å². The number of alkyl halides is 2. The minimum absolute atomic E-state index is 0.0750. The average Bonchev–Trinajstić information content (AvgIpc) is 2.97. The summed E-state index contributed by atoms with van der Waals surface area (Å²) in [6, 6.07) is 1.34. The number of hydrogen-bond donors (Lipinski definition) is 3. The molecule has 2 aromatic rings. The molecule has 0 amide bonds. The number of aromatic amines is 1. The highest BCUT2D eigenvalue weighted by molar-refractivity contribution is 6.29. The smallest absolute Gasteiger partial charge is 0.308 e. The number of anilines is 2. The molecule has 0 bridgehead atoms. The third kappa shape index (κ3) is 2.76. The molecule has 9 heteroatoms. The van der Waals surface area contributed by atoms with Crippen molar-refractivity contribution in [2.24, 2.45) is 0 Å². The van der Waals surface area contributed by atoms with E-state index in [1.807, 2.05) is 0 Å². The van der Waals surface area contributed by atoms with E-state index in [4.69, 9.17) is 17.3 Å². The van der Waals surface area contributed by atoms with Gasteiger partial charge in [-0.1, -0.05) is 11.6 Å². The van der Waals surface area contributed by atoms with Gasteiger partial charge in [0.05, 0.1) is 6.54 Å². The van der Waals surface area contributed by atoms with E-state index < -0.39 is 12.5 Å². The van der Waals surface area contributed by atoms with Crippen molar-refractivity contribution >= 4 is 23.4 Å². The number of nitrogens with two attached hydrogens (primary N) is 1. The summed E-state index contributed by atoms with van der Waals surface area (Å²) in [5.74, 6) is -3.03. The minimum atomic E-state index is -3.11. The quantitative estimate of drug-likeness (QED) is 0.752. The molecule has 0 aromatic carbocycles. The summed E-state index contributed by atoms with van der Waals surface area (Å²) in [5.41, 5.74) is 6.65. The van der Waals surface area contributed by atoms with E-state index in [9.17, 15) is 8.78 Å². The van der Waals surface area contributed by atoms with Gasteiger partial charge >= 0.3 is 5.92 Å². The summed E-state index contributed by atoms with van der Waals surface area (Å²) in [7, 11) is 0. The van der Waals surface area contributed by atoms with Crippen molar-refractivity contribution in [3.05, 3.63) is 28.2 Å². The average molecular weight is 315 g/mol. The molecule has 1 aliphatic carbocycles. The van der Waals surface area contributed by atoms with Gasteiger partial charge in [-0.2, -0.15) is 18.9 Å². The highest BCUT2D eigenvalue weighted by Gasteiger charge is 2.38. The Labute approximate surface area is 124 Å². The van der Waals surface area contributed by atoms with Gasteiger partial charge < -0.3 is 11.1 Å². The molecular formula is C12H13ClF2N6. The number of H-pyrrole nitrogens is 1. The van der Waals surface area contributed by atoms with Crippen LogP contribution in [-0.4, -0.2) is 26.7 Å². The van der Waals surface area contributed by atoms with Crippen molar-refractivity contribution in [2.75, 3.05) is 17.6 Å². The molecule has 4 N–H and O–H groups in total. The standard InChI is InChI=1S/C12H13ClF2N6/c13-8-4-9(19-11(16)18-8)17-5-12(14,15)10-6-2-1-3-7(6)20-21-10/h4H,1-3,5H2,(H,20,21)(H3,16,17,18,19). The van der Waals surface area contributed by atoms with Crippen LogP contribution in [0.4, 0.5) is 20.5 Å². The molecule has 0 atom stereocenters. The van der Waals surface area contributed by atoms with E-state index in [1.54, 1.807) is 0 Å². The molecule has 0 fully saturated rings. The van der Waals surface area contributed by atoms with Crippen LogP contribution in [-0.2, 0) is 18.8 Å². The highest BCUT2D eigenvalue weighted by atomic mass is 35.5.